The molecular formula is C18H18ClNO2. The van der Waals surface area contributed by atoms with E-state index in [1.807, 2.05) is 24.3 Å². The molecule has 2 aromatic rings. The quantitative estimate of drug-likeness (QED) is 0.779. The van der Waals surface area contributed by atoms with Crippen LogP contribution in [0.4, 0.5) is 5.69 Å². The van der Waals surface area contributed by atoms with Gasteiger partial charge >= 0.3 is 0 Å². The highest BCUT2D eigenvalue weighted by Gasteiger charge is 1.98. The van der Waals surface area contributed by atoms with Crippen molar-refractivity contribution in [3.05, 3.63) is 65.2 Å². The lowest BCUT2D eigenvalue weighted by Crippen LogP contribution is -2.07. The second-order valence-electron chi connectivity index (χ2n) is 4.75. The number of carbonyl (C=O) groups excluding carboxylic acids is 1. The van der Waals surface area contributed by atoms with Crippen LogP contribution in [0.5, 0.6) is 5.75 Å². The van der Waals surface area contributed by atoms with Crippen molar-refractivity contribution in [1.82, 2.24) is 0 Å². The maximum atomic E-state index is 11.8. The van der Waals surface area contributed by atoms with Crippen LogP contribution in [-0.2, 0) is 4.79 Å². The van der Waals surface area contributed by atoms with E-state index >= 15 is 0 Å². The number of carbonyl (C=O) groups is 1. The number of hydrogen-bond donors (Lipinski definition) is 1. The zero-order valence-corrected chi connectivity index (χ0v) is 13.1. The first-order valence-corrected chi connectivity index (χ1v) is 7.52. The van der Waals surface area contributed by atoms with Crippen molar-refractivity contribution in [3.8, 4) is 5.75 Å². The maximum Gasteiger partial charge on any atom is 0.248 e. The van der Waals surface area contributed by atoms with Gasteiger partial charge in [-0.3, -0.25) is 4.79 Å². The number of halogens is 1. The summed E-state index contributed by atoms with van der Waals surface area (Å²) in [6.07, 6.45) is 4.23. The van der Waals surface area contributed by atoms with Crippen molar-refractivity contribution in [3.63, 3.8) is 0 Å². The minimum atomic E-state index is -0.186. The Kier molecular flexibility index (Phi) is 6.04. The number of ether oxygens (including phenoxy) is 1. The smallest absolute Gasteiger partial charge is 0.248 e. The molecule has 0 aromatic heterocycles. The van der Waals surface area contributed by atoms with Crippen molar-refractivity contribution < 1.29 is 9.53 Å². The Morgan fingerprint density at radius 1 is 1.14 bits per heavy atom. The lowest BCUT2D eigenvalue weighted by atomic mass is 10.2. The third-order valence-corrected chi connectivity index (χ3v) is 3.14. The van der Waals surface area contributed by atoms with E-state index in [4.69, 9.17) is 16.3 Å². The molecule has 0 fully saturated rings. The van der Waals surface area contributed by atoms with E-state index in [9.17, 15) is 4.79 Å². The molecule has 114 valence electrons. The molecule has 4 heteroatoms. The van der Waals surface area contributed by atoms with Crippen molar-refractivity contribution >= 4 is 29.3 Å². The molecule has 0 aliphatic carbocycles. The lowest BCUT2D eigenvalue weighted by molar-refractivity contribution is -0.111. The first kappa shape index (κ1) is 16.1. The van der Waals surface area contributed by atoms with Gasteiger partial charge in [-0.05, 0) is 54.5 Å². The van der Waals surface area contributed by atoms with Crippen LogP contribution in [0.1, 0.15) is 18.9 Å². The molecule has 0 radical (unpaired) electrons. The molecule has 0 saturated heterocycles. The van der Waals surface area contributed by atoms with Gasteiger partial charge in [0.25, 0.3) is 0 Å². The van der Waals surface area contributed by atoms with Crippen molar-refractivity contribution in [2.24, 2.45) is 0 Å². The molecule has 1 amide bonds. The molecule has 0 heterocycles. The molecule has 1 N–H and O–H groups in total. The van der Waals surface area contributed by atoms with Crippen LogP contribution < -0.4 is 10.1 Å². The summed E-state index contributed by atoms with van der Waals surface area (Å²) in [6.45, 7) is 2.77. The second-order valence-corrected chi connectivity index (χ2v) is 5.18. The Bertz CT molecular complexity index is 633. The van der Waals surface area contributed by atoms with Gasteiger partial charge in [-0.1, -0.05) is 30.7 Å². The van der Waals surface area contributed by atoms with Crippen molar-refractivity contribution in [2.75, 3.05) is 11.9 Å². The van der Waals surface area contributed by atoms with E-state index in [0.29, 0.717) is 17.3 Å². The summed E-state index contributed by atoms with van der Waals surface area (Å²) >= 11 is 5.80. The summed E-state index contributed by atoms with van der Waals surface area (Å²) < 4.78 is 5.51. The van der Waals surface area contributed by atoms with Crippen LogP contribution >= 0.6 is 11.6 Å². The predicted octanol–water partition coefficient (Wildman–Crippen LogP) is 4.78. The minimum Gasteiger partial charge on any atom is -0.494 e. The standard InChI is InChI=1S/C18H18ClNO2/c1-2-13-22-17-10-3-14(4-11-17)5-12-18(21)20-16-8-6-15(19)7-9-16/h3-12H,2,13H2,1H3,(H,20,21). The third-order valence-electron chi connectivity index (χ3n) is 2.89. The van der Waals surface area contributed by atoms with Gasteiger partial charge in [0.15, 0.2) is 0 Å². The molecule has 2 aromatic carbocycles. The van der Waals surface area contributed by atoms with Crippen LogP contribution in [0.3, 0.4) is 0 Å². The van der Waals surface area contributed by atoms with E-state index in [0.717, 1.165) is 17.7 Å². The monoisotopic (exact) mass is 315 g/mol. The summed E-state index contributed by atoms with van der Waals surface area (Å²) in [5, 5.41) is 3.41. The van der Waals surface area contributed by atoms with Gasteiger partial charge in [0.05, 0.1) is 6.61 Å². The SMILES string of the molecule is CCCOc1ccc(C=CC(=O)Nc2ccc(Cl)cc2)cc1. The Labute approximate surface area is 135 Å². The number of amides is 1. The Hall–Kier alpha value is -2.26. The zero-order chi connectivity index (χ0) is 15.8. The summed E-state index contributed by atoms with van der Waals surface area (Å²) in [5.41, 5.74) is 1.65. The molecule has 0 atom stereocenters. The minimum absolute atomic E-state index is 0.186. The van der Waals surface area contributed by atoms with Crippen LogP contribution in [0, 0.1) is 0 Å². The first-order chi connectivity index (χ1) is 10.7. The summed E-state index contributed by atoms with van der Waals surface area (Å²) in [5.74, 6) is 0.651. The van der Waals surface area contributed by atoms with Gasteiger partial charge < -0.3 is 10.1 Å². The topological polar surface area (TPSA) is 38.3 Å². The number of anilines is 1. The maximum absolute atomic E-state index is 11.8. The van der Waals surface area contributed by atoms with Gasteiger partial charge in [0, 0.05) is 16.8 Å². The van der Waals surface area contributed by atoms with Crippen LogP contribution in [-0.4, -0.2) is 12.5 Å². The molecule has 3 nitrogen and oxygen atoms in total. The molecule has 0 aliphatic heterocycles. The van der Waals surface area contributed by atoms with Crippen molar-refractivity contribution in [1.29, 1.82) is 0 Å². The Balaban J connectivity index is 1.90. The Morgan fingerprint density at radius 2 is 1.82 bits per heavy atom. The highest BCUT2D eigenvalue weighted by molar-refractivity contribution is 6.30. The Morgan fingerprint density at radius 3 is 2.45 bits per heavy atom. The highest BCUT2D eigenvalue weighted by Crippen LogP contribution is 2.15. The van der Waals surface area contributed by atoms with Crippen LogP contribution in [0.25, 0.3) is 6.08 Å². The van der Waals surface area contributed by atoms with Gasteiger partial charge in [-0.2, -0.15) is 0 Å². The average molecular weight is 316 g/mol. The van der Waals surface area contributed by atoms with E-state index in [2.05, 4.69) is 12.2 Å². The van der Waals surface area contributed by atoms with Crippen LogP contribution in [0.15, 0.2) is 54.6 Å². The average Bonchev–Trinajstić information content (AvgIpc) is 2.54. The number of hydrogen-bond acceptors (Lipinski definition) is 2. The second kappa shape index (κ2) is 8.25. The molecule has 0 saturated carbocycles. The molecule has 0 aliphatic rings. The fraction of sp³-hybridized carbons (Fsp3) is 0.167. The first-order valence-electron chi connectivity index (χ1n) is 7.15. The fourth-order valence-corrected chi connectivity index (χ4v) is 1.91. The van der Waals surface area contributed by atoms with Gasteiger partial charge in [0.2, 0.25) is 5.91 Å². The largest absolute Gasteiger partial charge is 0.494 e. The fourth-order valence-electron chi connectivity index (χ4n) is 1.78. The van der Waals surface area contributed by atoms with Crippen molar-refractivity contribution in [2.45, 2.75) is 13.3 Å². The molecule has 0 unspecified atom stereocenters. The van der Waals surface area contributed by atoms with Gasteiger partial charge in [-0.15, -0.1) is 0 Å². The third kappa shape index (κ3) is 5.26. The lowest BCUT2D eigenvalue weighted by Gasteiger charge is -2.04. The van der Waals surface area contributed by atoms with Crippen LogP contribution in [0.2, 0.25) is 5.02 Å². The normalized spacial score (nSPS) is 10.6. The molecule has 0 spiro atoms. The summed E-state index contributed by atoms with van der Waals surface area (Å²) in [6, 6.07) is 14.6. The van der Waals surface area contributed by atoms with E-state index in [1.54, 1.807) is 30.3 Å². The van der Waals surface area contributed by atoms with E-state index in [-0.39, 0.29) is 5.91 Å². The van der Waals surface area contributed by atoms with Gasteiger partial charge in [-0.25, -0.2) is 0 Å². The van der Waals surface area contributed by atoms with Gasteiger partial charge in [0.1, 0.15) is 5.75 Å². The molecule has 0 bridgehead atoms. The molecule has 2 rings (SSSR count). The number of rotatable bonds is 6. The summed E-state index contributed by atoms with van der Waals surface area (Å²) in [7, 11) is 0. The summed E-state index contributed by atoms with van der Waals surface area (Å²) in [4.78, 5) is 11.8. The number of nitrogens with one attached hydrogen (secondary N) is 1. The zero-order valence-electron chi connectivity index (χ0n) is 12.4. The molecule has 22 heavy (non-hydrogen) atoms. The van der Waals surface area contributed by atoms with E-state index < -0.39 is 0 Å². The van der Waals surface area contributed by atoms with E-state index in [1.165, 1.54) is 6.08 Å². The highest BCUT2D eigenvalue weighted by atomic mass is 35.5. The number of benzene rings is 2. The molecular weight excluding hydrogens is 298 g/mol. The predicted molar refractivity (Wildman–Crippen MR) is 91.3 cm³/mol.